The second-order valence-electron chi connectivity index (χ2n) is 4.80. The average molecular weight is 371 g/mol. The molecule has 2 rings (SSSR count). The highest BCUT2D eigenvalue weighted by Crippen LogP contribution is 2.36. The van der Waals surface area contributed by atoms with Crippen LogP contribution in [0.25, 0.3) is 0 Å². The van der Waals surface area contributed by atoms with Crippen molar-refractivity contribution in [1.82, 2.24) is 0 Å². The fourth-order valence-corrected chi connectivity index (χ4v) is 2.50. The second-order valence-corrected chi connectivity index (χ2v) is 5.62. The molecule has 0 aliphatic carbocycles. The molecule has 1 N–H and O–H groups in total. The zero-order chi connectivity index (χ0) is 17.5. The Balaban J connectivity index is 1.76. The summed E-state index contributed by atoms with van der Waals surface area (Å²) in [5.41, 5.74) is 0.463. The number of hydrogen-bond donors (Lipinski definition) is 1. The molecule has 0 aromatic heterocycles. The third-order valence-electron chi connectivity index (χ3n) is 3.06. The molecule has 7 heteroatoms. The van der Waals surface area contributed by atoms with Crippen molar-refractivity contribution in [1.29, 1.82) is 0 Å². The van der Waals surface area contributed by atoms with Crippen LogP contribution in [0.2, 0.25) is 10.0 Å². The van der Waals surface area contributed by atoms with Gasteiger partial charge in [0.05, 0.1) is 35.9 Å². The van der Waals surface area contributed by atoms with Crippen LogP contribution in [0.15, 0.2) is 36.4 Å². The molecule has 0 unspecified atom stereocenters. The van der Waals surface area contributed by atoms with E-state index < -0.39 is 5.97 Å². The van der Waals surface area contributed by atoms with Crippen LogP contribution in [-0.2, 0) is 4.74 Å². The first-order valence-electron chi connectivity index (χ1n) is 7.13. The topological polar surface area (TPSA) is 65.0 Å². The Morgan fingerprint density at radius 2 is 1.62 bits per heavy atom. The summed E-state index contributed by atoms with van der Waals surface area (Å²) >= 11 is 11.9. The summed E-state index contributed by atoms with van der Waals surface area (Å²) in [5, 5.41) is 9.85. The zero-order valence-electron chi connectivity index (χ0n) is 12.9. The van der Waals surface area contributed by atoms with Crippen molar-refractivity contribution < 1.29 is 24.1 Å². The van der Waals surface area contributed by atoms with E-state index in [1.165, 1.54) is 19.2 Å². The first-order chi connectivity index (χ1) is 11.5. The van der Waals surface area contributed by atoms with Crippen LogP contribution in [0.4, 0.5) is 0 Å². The highest BCUT2D eigenvalue weighted by molar-refractivity contribution is 6.37. The monoisotopic (exact) mass is 370 g/mol. The Bertz CT molecular complexity index is 678. The van der Waals surface area contributed by atoms with E-state index >= 15 is 0 Å². The number of carbonyl (C=O) groups excluding carboxylic acids is 1. The van der Waals surface area contributed by atoms with E-state index in [1.54, 1.807) is 24.3 Å². The molecule has 2 aromatic carbocycles. The Hall–Kier alpha value is -2.11. The maximum Gasteiger partial charge on any atom is 0.337 e. The first kappa shape index (κ1) is 18.2. The third kappa shape index (κ3) is 4.94. The van der Waals surface area contributed by atoms with Gasteiger partial charge in [0, 0.05) is 18.6 Å². The van der Waals surface area contributed by atoms with E-state index in [0.717, 1.165) is 0 Å². The maximum atomic E-state index is 11.3. The predicted molar refractivity (Wildman–Crippen MR) is 91.5 cm³/mol. The summed E-state index contributed by atoms with van der Waals surface area (Å²) in [4.78, 5) is 11.3. The van der Waals surface area contributed by atoms with Crippen molar-refractivity contribution >= 4 is 29.2 Å². The number of carbonyl (C=O) groups is 1. The molecule has 0 atom stereocenters. The van der Waals surface area contributed by atoms with Gasteiger partial charge in [-0.1, -0.05) is 23.2 Å². The number of phenols is 1. The highest BCUT2D eigenvalue weighted by Gasteiger charge is 2.09. The molecule has 0 saturated carbocycles. The molecule has 24 heavy (non-hydrogen) atoms. The van der Waals surface area contributed by atoms with Gasteiger partial charge in [0.25, 0.3) is 0 Å². The van der Waals surface area contributed by atoms with E-state index in [1.807, 2.05) is 0 Å². The fourth-order valence-electron chi connectivity index (χ4n) is 1.91. The van der Waals surface area contributed by atoms with Gasteiger partial charge >= 0.3 is 5.97 Å². The Labute approximate surface area is 149 Å². The van der Waals surface area contributed by atoms with Gasteiger partial charge in [-0.05, 0) is 24.3 Å². The van der Waals surface area contributed by atoms with Crippen LogP contribution < -0.4 is 9.47 Å². The minimum Gasteiger partial charge on any atom is -0.508 e. The van der Waals surface area contributed by atoms with Crippen molar-refractivity contribution in [2.45, 2.75) is 6.42 Å². The molecule has 2 aromatic rings. The number of esters is 1. The normalized spacial score (nSPS) is 10.3. The lowest BCUT2D eigenvalue weighted by Gasteiger charge is -2.11. The molecule has 0 aliphatic rings. The SMILES string of the molecule is COC(=O)c1ccc(OCCCOc2c(Cl)cc(O)cc2Cl)cc1. The molecule has 0 heterocycles. The number of phenolic OH excluding ortho intramolecular Hbond substituents is 1. The molecule has 0 bridgehead atoms. The molecule has 0 fully saturated rings. The standard InChI is InChI=1S/C17H16Cl2O5/c1-22-17(21)11-3-5-13(6-4-11)23-7-2-8-24-16-14(18)9-12(20)10-15(16)19/h3-6,9-10,20H,2,7-8H2,1H3. The Morgan fingerprint density at radius 1 is 1.04 bits per heavy atom. The van der Waals surface area contributed by atoms with Crippen LogP contribution in [0.1, 0.15) is 16.8 Å². The molecule has 128 valence electrons. The van der Waals surface area contributed by atoms with Gasteiger partial charge in [-0.15, -0.1) is 0 Å². The number of benzene rings is 2. The maximum absolute atomic E-state index is 11.3. The van der Waals surface area contributed by atoms with Gasteiger partial charge in [-0.3, -0.25) is 0 Å². The predicted octanol–water partition coefficient (Wildman–Crippen LogP) is 4.33. The van der Waals surface area contributed by atoms with Crippen molar-refractivity contribution in [2.75, 3.05) is 20.3 Å². The minimum atomic E-state index is -0.391. The van der Waals surface area contributed by atoms with Gasteiger partial charge in [-0.2, -0.15) is 0 Å². The Kier molecular flexibility index (Phi) is 6.58. The summed E-state index contributed by atoms with van der Waals surface area (Å²) in [5.74, 6) is 0.565. The highest BCUT2D eigenvalue weighted by atomic mass is 35.5. The second kappa shape index (κ2) is 8.66. The van der Waals surface area contributed by atoms with Gasteiger partial charge in [0.15, 0.2) is 5.75 Å². The van der Waals surface area contributed by atoms with E-state index in [0.29, 0.717) is 36.7 Å². The molecule has 0 amide bonds. The number of aromatic hydroxyl groups is 1. The van der Waals surface area contributed by atoms with Gasteiger partial charge in [-0.25, -0.2) is 4.79 Å². The molecular formula is C17H16Cl2O5. The van der Waals surface area contributed by atoms with Crippen molar-refractivity contribution in [3.05, 3.63) is 52.0 Å². The third-order valence-corrected chi connectivity index (χ3v) is 3.62. The summed E-state index contributed by atoms with van der Waals surface area (Å²) in [6.07, 6.45) is 0.603. The number of hydrogen-bond acceptors (Lipinski definition) is 5. The fraction of sp³-hybridized carbons (Fsp3) is 0.235. The zero-order valence-corrected chi connectivity index (χ0v) is 14.4. The van der Waals surface area contributed by atoms with E-state index in [9.17, 15) is 9.90 Å². The largest absolute Gasteiger partial charge is 0.508 e. The lowest BCUT2D eigenvalue weighted by Crippen LogP contribution is -2.06. The van der Waals surface area contributed by atoms with Gasteiger partial charge < -0.3 is 19.3 Å². The van der Waals surface area contributed by atoms with Crippen LogP contribution in [0.3, 0.4) is 0 Å². The van der Waals surface area contributed by atoms with Crippen molar-refractivity contribution in [3.8, 4) is 17.2 Å². The molecule has 0 saturated heterocycles. The summed E-state index contributed by atoms with van der Waals surface area (Å²) in [7, 11) is 1.33. The summed E-state index contributed by atoms with van der Waals surface area (Å²) < 4.78 is 15.7. The van der Waals surface area contributed by atoms with Crippen LogP contribution in [0.5, 0.6) is 17.2 Å². The van der Waals surface area contributed by atoms with Crippen LogP contribution in [-0.4, -0.2) is 31.4 Å². The summed E-state index contributed by atoms with van der Waals surface area (Å²) in [6.45, 7) is 0.773. The van der Waals surface area contributed by atoms with E-state index in [2.05, 4.69) is 4.74 Å². The van der Waals surface area contributed by atoms with E-state index in [4.69, 9.17) is 32.7 Å². The van der Waals surface area contributed by atoms with Gasteiger partial charge in [0.1, 0.15) is 11.5 Å². The van der Waals surface area contributed by atoms with E-state index in [-0.39, 0.29) is 15.8 Å². The molecule has 0 radical (unpaired) electrons. The number of halogens is 2. The number of methoxy groups -OCH3 is 1. The lowest BCUT2D eigenvalue weighted by atomic mass is 10.2. The molecular weight excluding hydrogens is 355 g/mol. The lowest BCUT2D eigenvalue weighted by molar-refractivity contribution is 0.0600. The van der Waals surface area contributed by atoms with Gasteiger partial charge in [0.2, 0.25) is 0 Å². The first-order valence-corrected chi connectivity index (χ1v) is 7.89. The van der Waals surface area contributed by atoms with Crippen LogP contribution in [0, 0.1) is 0 Å². The quantitative estimate of drug-likeness (QED) is 0.580. The number of ether oxygens (including phenoxy) is 3. The van der Waals surface area contributed by atoms with Crippen molar-refractivity contribution in [2.24, 2.45) is 0 Å². The molecule has 5 nitrogen and oxygen atoms in total. The molecule has 0 aliphatic heterocycles. The van der Waals surface area contributed by atoms with Crippen LogP contribution >= 0.6 is 23.2 Å². The Morgan fingerprint density at radius 3 is 2.21 bits per heavy atom. The minimum absolute atomic E-state index is 0.0175. The summed E-state index contributed by atoms with van der Waals surface area (Å²) in [6, 6.07) is 9.38. The smallest absolute Gasteiger partial charge is 0.337 e. The number of rotatable bonds is 7. The average Bonchev–Trinajstić information content (AvgIpc) is 2.56. The molecule has 0 spiro atoms. The van der Waals surface area contributed by atoms with Crippen molar-refractivity contribution in [3.63, 3.8) is 0 Å².